The maximum atomic E-state index is 12.0. The largest absolute Gasteiger partial charge is 0.378 e. The summed E-state index contributed by atoms with van der Waals surface area (Å²) < 4.78 is 34.9. The van der Waals surface area contributed by atoms with Crippen LogP contribution in [0.15, 0.2) is 36.7 Å². The number of aromatic nitrogens is 4. The molecule has 3 atom stereocenters. The first-order valence-corrected chi connectivity index (χ1v) is 14.1. The van der Waals surface area contributed by atoms with Gasteiger partial charge in [-0.3, -0.25) is 9.13 Å². The molecule has 3 aromatic rings. The Morgan fingerprint density at radius 3 is 2.57 bits per heavy atom. The number of imidazole rings is 1. The molecule has 0 aliphatic heterocycles. The van der Waals surface area contributed by atoms with Gasteiger partial charge in [-0.25, -0.2) is 4.98 Å². The highest BCUT2D eigenvalue weighted by Gasteiger charge is 2.33. The molecule has 0 bridgehead atoms. The van der Waals surface area contributed by atoms with Crippen LogP contribution in [0.25, 0.3) is 11.2 Å². The topological polar surface area (TPSA) is 169 Å². The Bertz CT molecular complexity index is 1290. The number of benzene rings is 1. The predicted octanol–water partition coefficient (Wildman–Crippen LogP) is 2.69. The fourth-order valence-electron chi connectivity index (χ4n) is 3.26. The van der Waals surface area contributed by atoms with Crippen molar-refractivity contribution in [1.82, 2.24) is 19.5 Å². The average molecular weight is 544 g/mol. The zero-order valence-electron chi connectivity index (χ0n) is 18.6. The second kappa shape index (κ2) is 11.6. The summed E-state index contributed by atoms with van der Waals surface area (Å²) in [5.41, 5.74) is 1.91. The number of rotatable bonds is 12. The van der Waals surface area contributed by atoms with E-state index in [9.17, 15) is 14.0 Å². The molecule has 0 aliphatic rings. The van der Waals surface area contributed by atoms with Gasteiger partial charge in [0.1, 0.15) is 0 Å². The van der Waals surface area contributed by atoms with Crippen molar-refractivity contribution in [2.75, 3.05) is 24.9 Å². The van der Waals surface area contributed by atoms with Gasteiger partial charge < -0.3 is 33.8 Å². The highest BCUT2D eigenvalue weighted by Crippen LogP contribution is 2.55. The lowest BCUT2D eigenvalue weighted by atomic mass is 10.0. The minimum atomic E-state index is -4.76. The summed E-state index contributed by atoms with van der Waals surface area (Å²) in [6.07, 6.45) is 6.31. The van der Waals surface area contributed by atoms with Crippen molar-refractivity contribution in [3.05, 3.63) is 47.5 Å². The minimum absolute atomic E-state index is 0.00245. The summed E-state index contributed by atoms with van der Waals surface area (Å²) in [5.74, 6) is 0.994. The fraction of sp³-hybridized carbons (Fsp3) is 0.350. The van der Waals surface area contributed by atoms with E-state index >= 15 is 0 Å². The molecule has 0 aliphatic carbocycles. The molecule has 2 heterocycles. The Morgan fingerprint density at radius 1 is 1.23 bits per heavy atom. The van der Waals surface area contributed by atoms with Crippen molar-refractivity contribution >= 4 is 43.8 Å². The summed E-state index contributed by atoms with van der Waals surface area (Å²) in [7, 11) is -7.99. The lowest BCUT2D eigenvalue weighted by Crippen LogP contribution is -2.30. The number of methoxy groups -OCH3 is 1. The first-order chi connectivity index (χ1) is 16.5. The fourth-order valence-corrected chi connectivity index (χ4v) is 5.99. The van der Waals surface area contributed by atoms with Crippen LogP contribution in [0.1, 0.15) is 5.56 Å². The summed E-state index contributed by atoms with van der Waals surface area (Å²) >= 11 is 6.14. The molecule has 35 heavy (non-hydrogen) atoms. The summed E-state index contributed by atoms with van der Waals surface area (Å²) in [6.45, 7) is 0.155. The molecule has 1 aromatic carbocycles. The molecule has 3 unspecified atom stereocenters. The molecule has 188 valence electrons. The SMILES string of the molecule is C#CC(Cn1cnc2c(NCc3ccccc3)nc(Cl)nc21)C(COP(=O)(O)CP(=O)(O)O)OC. The van der Waals surface area contributed by atoms with E-state index in [4.69, 9.17) is 37.1 Å². The van der Waals surface area contributed by atoms with Crippen LogP contribution >= 0.6 is 26.8 Å². The molecule has 15 heteroatoms. The van der Waals surface area contributed by atoms with E-state index in [0.29, 0.717) is 23.5 Å². The van der Waals surface area contributed by atoms with Crippen LogP contribution in [0.3, 0.4) is 0 Å². The van der Waals surface area contributed by atoms with Crippen LogP contribution in [0.4, 0.5) is 5.82 Å². The molecule has 0 fully saturated rings. The number of hydrogen-bond donors (Lipinski definition) is 4. The van der Waals surface area contributed by atoms with Crippen LogP contribution in [-0.4, -0.2) is 59.9 Å². The number of anilines is 1. The maximum Gasteiger partial charge on any atom is 0.340 e. The third-order valence-electron chi connectivity index (χ3n) is 4.90. The van der Waals surface area contributed by atoms with Gasteiger partial charge in [-0.2, -0.15) is 9.97 Å². The number of hydrogen-bond acceptors (Lipinski definition) is 8. The minimum Gasteiger partial charge on any atom is -0.378 e. The average Bonchev–Trinajstić information content (AvgIpc) is 3.18. The molecule has 4 N–H and O–H groups in total. The Morgan fingerprint density at radius 2 is 1.94 bits per heavy atom. The highest BCUT2D eigenvalue weighted by molar-refractivity contribution is 7.70. The molecule has 2 aromatic heterocycles. The van der Waals surface area contributed by atoms with Crippen molar-refractivity contribution in [3.8, 4) is 12.3 Å². The van der Waals surface area contributed by atoms with E-state index in [1.165, 1.54) is 13.4 Å². The van der Waals surface area contributed by atoms with Gasteiger partial charge in [0.25, 0.3) is 0 Å². The van der Waals surface area contributed by atoms with Crippen molar-refractivity contribution in [2.45, 2.75) is 19.2 Å². The molecule has 12 nitrogen and oxygen atoms in total. The molecule has 0 saturated heterocycles. The first kappa shape index (κ1) is 27.3. The van der Waals surface area contributed by atoms with Crippen LogP contribution in [-0.2, 0) is 31.5 Å². The zero-order valence-corrected chi connectivity index (χ0v) is 21.1. The standard InChI is InChI=1S/C20H24ClN5O7P2/c1-3-15(16(32-2)11-33-35(30,31)13-34(27,28)29)10-26-12-23-17-18(24-20(21)25-19(17)26)22-9-14-7-5-4-6-8-14/h1,4-8,12,15-16H,9-11,13H2,2H3,(H,30,31)(H,22,24,25)(H2,27,28,29). The monoisotopic (exact) mass is 543 g/mol. The van der Waals surface area contributed by atoms with Crippen molar-refractivity contribution in [1.29, 1.82) is 0 Å². The lowest BCUT2D eigenvalue weighted by Gasteiger charge is -2.23. The Labute approximate surface area is 206 Å². The van der Waals surface area contributed by atoms with Crippen LogP contribution in [0.5, 0.6) is 0 Å². The van der Waals surface area contributed by atoms with Gasteiger partial charge >= 0.3 is 15.2 Å². The second-order valence-electron chi connectivity index (χ2n) is 7.54. The molecular formula is C20H24ClN5O7P2. The van der Waals surface area contributed by atoms with Crippen LogP contribution in [0.2, 0.25) is 5.28 Å². The second-order valence-corrected chi connectivity index (χ2v) is 11.9. The molecule has 3 rings (SSSR count). The van der Waals surface area contributed by atoms with E-state index in [0.717, 1.165) is 5.56 Å². The Hall–Kier alpha value is -2.32. The van der Waals surface area contributed by atoms with E-state index in [1.807, 2.05) is 30.3 Å². The molecule has 0 spiro atoms. The summed E-state index contributed by atoms with van der Waals surface area (Å²) in [4.78, 5) is 40.5. The highest BCUT2D eigenvalue weighted by atomic mass is 35.5. The number of terminal acetylenes is 1. The molecular weight excluding hydrogens is 520 g/mol. The lowest BCUT2D eigenvalue weighted by molar-refractivity contribution is 0.0245. The van der Waals surface area contributed by atoms with E-state index in [1.54, 1.807) is 4.57 Å². The maximum absolute atomic E-state index is 12.0. The van der Waals surface area contributed by atoms with Crippen LogP contribution in [0, 0.1) is 18.3 Å². The third kappa shape index (κ3) is 7.84. The smallest absolute Gasteiger partial charge is 0.340 e. The molecule has 0 radical (unpaired) electrons. The number of nitrogens with one attached hydrogen (secondary N) is 1. The van der Waals surface area contributed by atoms with E-state index in [2.05, 4.69) is 26.2 Å². The van der Waals surface area contributed by atoms with E-state index < -0.39 is 39.7 Å². The normalized spacial score (nSPS) is 15.3. The number of fused-ring (bicyclic) bond motifs is 1. The van der Waals surface area contributed by atoms with Crippen LogP contribution < -0.4 is 5.32 Å². The number of nitrogens with zero attached hydrogens (tertiary/aromatic N) is 4. The Kier molecular flexibility index (Phi) is 9.05. The summed E-state index contributed by atoms with van der Waals surface area (Å²) in [6, 6.07) is 9.68. The number of halogens is 1. The summed E-state index contributed by atoms with van der Waals surface area (Å²) in [5, 5.41) is 3.19. The zero-order chi connectivity index (χ0) is 25.6. The molecule has 0 saturated carbocycles. The van der Waals surface area contributed by atoms with Crippen molar-refractivity contribution < 1.29 is 33.1 Å². The van der Waals surface area contributed by atoms with Gasteiger partial charge in [0.15, 0.2) is 22.9 Å². The first-order valence-electron chi connectivity index (χ1n) is 10.2. The quantitative estimate of drug-likeness (QED) is 0.150. The van der Waals surface area contributed by atoms with E-state index in [-0.39, 0.29) is 11.8 Å². The van der Waals surface area contributed by atoms with Gasteiger partial charge in [-0.1, -0.05) is 36.3 Å². The number of ether oxygens (including phenoxy) is 1. The van der Waals surface area contributed by atoms with Gasteiger partial charge in [-0.05, 0) is 17.2 Å². The molecule has 0 amide bonds. The van der Waals surface area contributed by atoms with Gasteiger partial charge in [-0.15, -0.1) is 6.42 Å². The van der Waals surface area contributed by atoms with Gasteiger partial charge in [0, 0.05) is 20.2 Å². The Balaban J connectivity index is 1.76. The van der Waals surface area contributed by atoms with Crippen molar-refractivity contribution in [2.24, 2.45) is 5.92 Å². The van der Waals surface area contributed by atoms with Crippen molar-refractivity contribution in [3.63, 3.8) is 0 Å². The third-order valence-corrected chi connectivity index (χ3v) is 8.53. The van der Waals surface area contributed by atoms with Gasteiger partial charge in [0.2, 0.25) is 5.28 Å². The predicted molar refractivity (Wildman–Crippen MR) is 130 cm³/mol. The van der Waals surface area contributed by atoms with Gasteiger partial charge in [0.05, 0.1) is 25.0 Å².